The predicted molar refractivity (Wildman–Crippen MR) is 106 cm³/mol. The van der Waals surface area contributed by atoms with Crippen LogP contribution < -0.4 is 9.64 Å². The van der Waals surface area contributed by atoms with Gasteiger partial charge in [-0.05, 0) is 48.4 Å². The molecule has 0 bridgehead atoms. The maximum absolute atomic E-state index is 13.1. The summed E-state index contributed by atoms with van der Waals surface area (Å²) >= 11 is 0. The Hall–Kier alpha value is -2.54. The highest BCUT2D eigenvalue weighted by Gasteiger charge is 2.34. The maximum Gasteiger partial charge on any atom is 0.416 e. The van der Waals surface area contributed by atoms with Crippen molar-refractivity contribution < 1.29 is 27.8 Å². The number of alkyl halides is 3. The number of methoxy groups -OCH3 is 1. The highest BCUT2D eigenvalue weighted by molar-refractivity contribution is 5.95. The van der Waals surface area contributed by atoms with Gasteiger partial charge in [0.2, 0.25) is 5.91 Å². The molecule has 2 aromatic rings. The number of carbonyl (C=O) groups is 1. The first-order valence-electron chi connectivity index (χ1n) is 9.45. The van der Waals surface area contributed by atoms with Gasteiger partial charge in [0, 0.05) is 12.7 Å². The van der Waals surface area contributed by atoms with E-state index in [1.54, 1.807) is 31.3 Å². The lowest BCUT2D eigenvalue weighted by molar-refractivity contribution is -0.137. The Balaban J connectivity index is 2.30. The molecule has 158 valence electrons. The summed E-state index contributed by atoms with van der Waals surface area (Å²) in [6.07, 6.45) is -4.02. The third-order valence-electron chi connectivity index (χ3n) is 4.91. The van der Waals surface area contributed by atoms with E-state index in [0.717, 1.165) is 18.6 Å². The molecule has 0 saturated heterocycles. The number of amides is 1. The van der Waals surface area contributed by atoms with E-state index in [1.807, 2.05) is 6.92 Å². The van der Waals surface area contributed by atoms with Crippen molar-refractivity contribution in [3.8, 4) is 5.75 Å². The molecule has 1 amide bonds. The van der Waals surface area contributed by atoms with Gasteiger partial charge in [0.05, 0.1) is 24.7 Å². The van der Waals surface area contributed by atoms with Crippen LogP contribution in [0.5, 0.6) is 5.75 Å². The van der Waals surface area contributed by atoms with Gasteiger partial charge in [-0.1, -0.05) is 31.9 Å². The first kappa shape index (κ1) is 22.7. The van der Waals surface area contributed by atoms with Crippen molar-refractivity contribution in [1.82, 2.24) is 0 Å². The molecule has 0 aliphatic heterocycles. The van der Waals surface area contributed by atoms with Crippen molar-refractivity contribution >= 4 is 11.6 Å². The molecule has 0 fully saturated rings. The Morgan fingerprint density at radius 1 is 1.17 bits per heavy atom. The molecular formula is C22H26F3NO3. The molecule has 2 rings (SSSR count). The van der Waals surface area contributed by atoms with Gasteiger partial charge in [-0.15, -0.1) is 0 Å². The van der Waals surface area contributed by atoms with Gasteiger partial charge in [-0.2, -0.15) is 13.2 Å². The highest BCUT2D eigenvalue weighted by atomic mass is 19.4. The minimum absolute atomic E-state index is 0.0809. The van der Waals surface area contributed by atoms with Gasteiger partial charge < -0.3 is 14.7 Å². The van der Waals surface area contributed by atoms with Crippen molar-refractivity contribution in [3.05, 3.63) is 59.7 Å². The summed E-state index contributed by atoms with van der Waals surface area (Å²) in [6.45, 7) is 1.95. The summed E-state index contributed by atoms with van der Waals surface area (Å²) in [5.41, 5.74) is -0.162. The smallest absolute Gasteiger partial charge is 0.416 e. The van der Waals surface area contributed by atoms with Crippen LogP contribution >= 0.6 is 0 Å². The predicted octanol–water partition coefficient (Wildman–Crippen LogP) is 5.22. The average Bonchev–Trinajstić information content (AvgIpc) is 2.72. The summed E-state index contributed by atoms with van der Waals surface area (Å²) in [5, 5.41) is 10.8. The lowest BCUT2D eigenvalue weighted by atomic mass is 9.89. The summed E-state index contributed by atoms with van der Waals surface area (Å²) < 4.78 is 44.2. The number of carbonyl (C=O) groups excluding carboxylic acids is 1. The summed E-state index contributed by atoms with van der Waals surface area (Å²) in [5.74, 6) is -0.569. The summed E-state index contributed by atoms with van der Waals surface area (Å²) in [6, 6.07) is 11.4. The van der Waals surface area contributed by atoms with Crippen LogP contribution in [-0.2, 0) is 11.0 Å². The number of ether oxygens (including phenoxy) is 1. The monoisotopic (exact) mass is 409 g/mol. The number of rotatable bonds is 8. The molecule has 0 radical (unpaired) electrons. The highest BCUT2D eigenvalue weighted by Crippen LogP contribution is 2.34. The van der Waals surface area contributed by atoms with Crippen LogP contribution in [0.2, 0.25) is 0 Å². The zero-order valence-corrected chi connectivity index (χ0v) is 16.7. The number of aliphatic hydroxyl groups is 1. The molecule has 1 N–H and O–H groups in total. The molecule has 0 unspecified atom stereocenters. The molecule has 0 aliphatic rings. The van der Waals surface area contributed by atoms with Crippen molar-refractivity contribution in [2.24, 2.45) is 5.92 Å². The topological polar surface area (TPSA) is 49.8 Å². The van der Waals surface area contributed by atoms with E-state index in [2.05, 4.69) is 0 Å². The molecule has 7 heteroatoms. The Morgan fingerprint density at radius 2 is 1.83 bits per heavy atom. The van der Waals surface area contributed by atoms with Gasteiger partial charge in [-0.25, -0.2) is 0 Å². The van der Waals surface area contributed by atoms with Crippen molar-refractivity contribution in [2.45, 2.75) is 38.5 Å². The van der Waals surface area contributed by atoms with Crippen molar-refractivity contribution in [3.63, 3.8) is 0 Å². The fourth-order valence-electron chi connectivity index (χ4n) is 3.15. The molecule has 29 heavy (non-hydrogen) atoms. The molecule has 0 aliphatic carbocycles. The Kier molecular flexibility index (Phi) is 7.67. The molecule has 0 saturated carbocycles. The van der Waals surface area contributed by atoms with Crippen molar-refractivity contribution in [2.75, 3.05) is 19.1 Å². The standard InChI is InChI=1S/C22H26F3NO3/c1-4-5-9-19(20(27)15-7-6-8-16(14-15)22(23,24)25)21(28)26(2)17-10-12-18(29-3)13-11-17/h6-8,10-14,19-20,27H,4-5,9H2,1-3H3/t19-,20-/m1/s1. The average molecular weight is 409 g/mol. The number of unbranched alkanes of at least 4 members (excludes halogenated alkanes) is 1. The first-order chi connectivity index (χ1) is 13.7. The Morgan fingerprint density at radius 3 is 2.38 bits per heavy atom. The number of anilines is 1. The molecular weight excluding hydrogens is 383 g/mol. The third-order valence-corrected chi connectivity index (χ3v) is 4.91. The van der Waals surface area contributed by atoms with Gasteiger partial charge in [0.25, 0.3) is 0 Å². The van der Waals surface area contributed by atoms with Crippen LogP contribution in [0.25, 0.3) is 0 Å². The minimum Gasteiger partial charge on any atom is -0.497 e. The Labute approximate surface area is 168 Å². The molecule has 4 nitrogen and oxygen atoms in total. The number of hydrogen-bond acceptors (Lipinski definition) is 3. The van der Waals surface area contributed by atoms with E-state index < -0.39 is 23.8 Å². The van der Waals surface area contributed by atoms with E-state index >= 15 is 0 Å². The van der Waals surface area contributed by atoms with E-state index in [1.165, 1.54) is 24.1 Å². The molecule has 0 heterocycles. The number of halogens is 3. The zero-order chi connectivity index (χ0) is 21.6. The van der Waals surface area contributed by atoms with Gasteiger partial charge in [-0.3, -0.25) is 4.79 Å². The van der Waals surface area contributed by atoms with Crippen LogP contribution in [0.4, 0.5) is 18.9 Å². The fourth-order valence-corrected chi connectivity index (χ4v) is 3.15. The second-order valence-electron chi connectivity index (χ2n) is 6.91. The maximum atomic E-state index is 13.1. The summed E-state index contributed by atoms with van der Waals surface area (Å²) in [4.78, 5) is 14.5. The number of nitrogens with zero attached hydrogens (tertiary/aromatic N) is 1. The molecule has 0 aromatic heterocycles. The van der Waals surface area contributed by atoms with Gasteiger partial charge >= 0.3 is 6.18 Å². The van der Waals surface area contributed by atoms with Gasteiger partial charge in [0.15, 0.2) is 0 Å². The van der Waals surface area contributed by atoms with Crippen LogP contribution in [0.15, 0.2) is 48.5 Å². The number of aliphatic hydroxyl groups excluding tert-OH is 1. The van der Waals surface area contributed by atoms with Crippen molar-refractivity contribution in [1.29, 1.82) is 0 Å². The fraction of sp³-hybridized carbons (Fsp3) is 0.409. The number of hydrogen-bond donors (Lipinski definition) is 1. The summed E-state index contributed by atoms with van der Waals surface area (Å²) in [7, 11) is 3.12. The van der Waals surface area contributed by atoms with Crippen LogP contribution in [-0.4, -0.2) is 25.2 Å². The van der Waals surface area contributed by atoms with E-state index in [0.29, 0.717) is 24.3 Å². The first-order valence-corrected chi connectivity index (χ1v) is 9.45. The lowest BCUT2D eigenvalue weighted by Crippen LogP contribution is -2.36. The second kappa shape index (κ2) is 9.78. The second-order valence-corrected chi connectivity index (χ2v) is 6.91. The van der Waals surface area contributed by atoms with E-state index in [-0.39, 0.29) is 11.5 Å². The zero-order valence-electron chi connectivity index (χ0n) is 16.7. The molecule has 2 atom stereocenters. The minimum atomic E-state index is -4.52. The molecule has 2 aromatic carbocycles. The van der Waals surface area contributed by atoms with E-state index in [4.69, 9.17) is 4.74 Å². The normalized spacial score (nSPS) is 13.6. The van der Waals surface area contributed by atoms with E-state index in [9.17, 15) is 23.1 Å². The quantitative estimate of drug-likeness (QED) is 0.651. The third kappa shape index (κ3) is 5.73. The molecule has 0 spiro atoms. The van der Waals surface area contributed by atoms with Crippen LogP contribution in [0.1, 0.15) is 43.4 Å². The van der Waals surface area contributed by atoms with Gasteiger partial charge in [0.1, 0.15) is 5.75 Å². The largest absolute Gasteiger partial charge is 0.497 e. The Bertz CT molecular complexity index is 806. The van der Waals surface area contributed by atoms with Crippen LogP contribution in [0.3, 0.4) is 0 Å². The number of benzene rings is 2. The lowest BCUT2D eigenvalue weighted by Gasteiger charge is -2.28. The van der Waals surface area contributed by atoms with Crippen LogP contribution in [0, 0.1) is 5.92 Å². The SMILES string of the molecule is CCCC[C@@H](C(=O)N(C)c1ccc(OC)cc1)[C@H](O)c1cccc(C(F)(F)F)c1.